The van der Waals surface area contributed by atoms with Gasteiger partial charge in [0.05, 0.1) is 22.3 Å². The lowest BCUT2D eigenvalue weighted by Gasteiger charge is -2.22. The first-order valence-electron chi connectivity index (χ1n) is 28.4. The summed E-state index contributed by atoms with van der Waals surface area (Å²) in [7, 11) is -4.03. The summed E-state index contributed by atoms with van der Waals surface area (Å²) in [5.74, 6) is -0.322. The third-order valence-corrected chi connectivity index (χ3v) is 15.1. The van der Waals surface area contributed by atoms with Crippen molar-refractivity contribution in [1.29, 1.82) is 0 Å². The third kappa shape index (κ3) is 22.2. The fraction of sp³-hybridized carbons (Fsp3) is 0.667. The highest BCUT2D eigenvalue weighted by Gasteiger charge is 2.15. The number of aromatic amines is 1. The fourth-order valence-electron chi connectivity index (χ4n) is 10.1. The number of benzene rings is 3. The minimum absolute atomic E-state index is 0.116. The SMILES string of the molecule is CCCCCCCCCCCCN(CCCCCCCCCCCC)CCCCCCCCCCCC.O=c1c2ccccc2[nH]c2cc3c(=O)c4ccccc4n(CCCCS(=O)(=O)O)c3cc12. The van der Waals surface area contributed by atoms with Crippen molar-refractivity contribution < 1.29 is 13.0 Å². The van der Waals surface area contributed by atoms with Crippen molar-refractivity contribution in [3.05, 3.63) is 81.1 Å². The van der Waals surface area contributed by atoms with Crippen LogP contribution in [0.4, 0.5) is 0 Å². The molecule has 0 amide bonds. The van der Waals surface area contributed by atoms with Crippen LogP contribution < -0.4 is 10.9 Å². The number of pyridine rings is 2. The Hall–Kier alpha value is -3.53. The topological polar surface area (TPSA) is 112 Å². The molecule has 0 atom stereocenters. The third-order valence-electron chi connectivity index (χ3n) is 14.3. The molecule has 9 heteroatoms. The highest BCUT2D eigenvalue weighted by molar-refractivity contribution is 7.85. The van der Waals surface area contributed by atoms with E-state index in [-0.39, 0.29) is 23.0 Å². The second-order valence-electron chi connectivity index (χ2n) is 20.3. The maximum atomic E-state index is 13.3. The molecule has 2 heterocycles. The molecule has 0 bridgehead atoms. The average Bonchev–Trinajstić information content (AvgIpc) is 3.34. The summed E-state index contributed by atoms with van der Waals surface area (Å²) in [6.45, 7) is 11.5. The van der Waals surface area contributed by atoms with Gasteiger partial charge in [0.2, 0.25) is 0 Å². The van der Waals surface area contributed by atoms with Crippen LogP contribution in [-0.2, 0) is 16.7 Å². The van der Waals surface area contributed by atoms with Crippen molar-refractivity contribution >= 4 is 53.7 Å². The van der Waals surface area contributed by atoms with E-state index in [1.165, 1.54) is 212 Å². The van der Waals surface area contributed by atoms with E-state index >= 15 is 0 Å². The normalized spacial score (nSPS) is 12.0. The van der Waals surface area contributed by atoms with E-state index in [4.69, 9.17) is 4.55 Å². The van der Waals surface area contributed by atoms with Gasteiger partial charge in [0, 0.05) is 33.6 Å². The molecule has 0 spiro atoms. The van der Waals surface area contributed by atoms with E-state index in [0.29, 0.717) is 56.6 Å². The van der Waals surface area contributed by atoms with Gasteiger partial charge in [-0.2, -0.15) is 8.42 Å². The van der Waals surface area contributed by atoms with Crippen molar-refractivity contribution in [2.24, 2.45) is 0 Å². The van der Waals surface area contributed by atoms with E-state index in [0.717, 1.165) is 0 Å². The average molecular weight is 971 g/mol. The monoisotopic (exact) mass is 970 g/mol. The molecule has 3 aromatic carbocycles. The molecule has 0 saturated carbocycles. The number of aryl methyl sites for hydroxylation is 1. The lowest BCUT2D eigenvalue weighted by atomic mass is 10.0. The lowest BCUT2D eigenvalue weighted by Crippen LogP contribution is -2.27. The molecule has 0 aliphatic heterocycles. The number of rotatable bonds is 38. The summed E-state index contributed by atoms with van der Waals surface area (Å²) in [6, 6.07) is 18.0. The van der Waals surface area contributed by atoms with Crippen molar-refractivity contribution in [3.8, 4) is 0 Å². The minimum Gasteiger partial charge on any atom is -0.354 e. The van der Waals surface area contributed by atoms with E-state index < -0.39 is 10.1 Å². The number of hydrogen-bond acceptors (Lipinski definition) is 5. The highest BCUT2D eigenvalue weighted by atomic mass is 32.2. The molecule has 0 aliphatic carbocycles. The molecule has 8 nitrogen and oxygen atoms in total. The Morgan fingerprint density at radius 3 is 1.30 bits per heavy atom. The molecule has 0 aliphatic rings. The molecule has 0 fully saturated rings. The number of hydrogen-bond donors (Lipinski definition) is 2. The molecule has 5 aromatic rings. The number of para-hydroxylation sites is 2. The molecule has 0 unspecified atom stereocenters. The van der Waals surface area contributed by atoms with Gasteiger partial charge in [-0.25, -0.2) is 0 Å². The molecule has 2 aromatic heterocycles. The molecular formula is C60H95N3O5S. The zero-order chi connectivity index (χ0) is 49.4. The Kier molecular flexibility index (Phi) is 29.2. The zero-order valence-corrected chi connectivity index (χ0v) is 44.6. The van der Waals surface area contributed by atoms with Gasteiger partial charge in [-0.05, 0) is 88.1 Å². The first-order valence-corrected chi connectivity index (χ1v) is 30.0. The van der Waals surface area contributed by atoms with Crippen LogP contribution in [0.3, 0.4) is 0 Å². The summed E-state index contributed by atoms with van der Waals surface area (Å²) in [5.41, 5.74) is 2.39. The Bertz CT molecular complexity index is 2330. The molecule has 386 valence electrons. The van der Waals surface area contributed by atoms with Crippen molar-refractivity contribution in [2.75, 3.05) is 25.4 Å². The minimum atomic E-state index is -4.03. The Morgan fingerprint density at radius 1 is 0.435 bits per heavy atom. The first-order chi connectivity index (χ1) is 33.7. The van der Waals surface area contributed by atoms with Crippen molar-refractivity contribution in [3.63, 3.8) is 0 Å². The number of unbranched alkanes of at least 4 members (excludes halogenated alkanes) is 28. The van der Waals surface area contributed by atoms with Crippen LogP contribution in [0.25, 0.3) is 43.6 Å². The number of nitrogens with zero attached hydrogens (tertiary/aromatic N) is 2. The standard InChI is InChI=1S/C36H75N.C24H20N2O5S/c1-4-7-10-13-16-19-22-25-28-31-34-37(35-32-29-26-23-20-17-14-11-8-5-2)36-33-30-27-24-21-18-15-12-9-6-3;27-23-15-7-1-3-9-19(15)25-20-13-18-22(14-17(20)23)26(11-5-6-12-32(29,30)31)21-10-4-2-8-16(21)24(18)28/h4-36H2,1-3H3;1-4,7-10,13-14H,5-6,11-12H2,(H,25,27)(H,29,30,31). The molecular weight excluding hydrogens is 875 g/mol. The highest BCUT2D eigenvalue weighted by Crippen LogP contribution is 2.25. The molecule has 0 radical (unpaired) electrons. The molecule has 0 saturated heterocycles. The largest absolute Gasteiger partial charge is 0.354 e. The Balaban J connectivity index is 0.000000302. The van der Waals surface area contributed by atoms with Gasteiger partial charge in [-0.15, -0.1) is 0 Å². The predicted octanol–water partition coefficient (Wildman–Crippen LogP) is 16.9. The summed E-state index contributed by atoms with van der Waals surface area (Å²) < 4.78 is 33.1. The van der Waals surface area contributed by atoms with Crippen LogP contribution in [0.2, 0.25) is 0 Å². The van der Waals surface area contributed by atoms with Gasteiger partial charge in [-0.3, -0.25) is 14.1 Å². The summed E-state index contributed by atoms with van der Waals surface area (Å²) in [4.78, 5) is 32.5. The second-order valence-corrected chi connectivity index (χ2v) is 21.9. The van der Waals surface area contributed by atoms with Gasteiger partial charge in [0.1, 0.15) is 0 Å². The first kappa shape index (κ1) is 58.0. The van der Waals surface area contributed by atoms with Gasteiger partial charge >= 0.3 is 0 Å². The van der Waals surface area contributed by atoms with E-state index in [1.807, 2.05) is 34.9 Å². The van der Waals surface area contributed by atoms with Crippen LogP contribution in [-0.4, -0.2) is 52.8 Å². The van der Waals surface area contributed by atoms with Crippen LogP contribution in [0, 0.1) is 0 Å². The van der Waals surface area contributed by atoms with Crippen LogP contribution in [0.1, 0.15) is 226 Å². The summed E-state index contributed by atoms with van der Waals surface area (Å²) in [5, 5.41) is 2.09. The van der Waals surface area contributed by atoms with E-state index in [2.05, 4.69) is 30.7 Å². The molecule has 2 N–H and O–H groups in total. The van der Waals surface area contributed by atoms with Crippen LogP contribution >= 0.6 is 0 Å². The number of nitrogens with one attached hydrogen (secondary N) is 1. The maximum Gasteiger partial charge on any atom is 0.264 e. The summed E-state index contributed by atoms with van der Waals surface area (Å²) >= 11 is 0. The maximum absolute atomic E-state index is 13.3. The van der Waals surface area contributed by atoms with Gasteiger partial charge in [0.25, 0.3) is 10.1 Å². The number of fused-ring (bicyclic) bond motifs is 4. The van der Waals surface area contributed by atoms with Crippen LogP contribution in [0.5, 0.6) is 0 Å². The lowest BCUT2D eigenvalue weighted by molar-refractivity contribution is 0.254. The summed E-state index contributed by atoms with van der Waals surface area (Å²) in [6.07, 6.45) is 44.4. The van der Waals surface area contributed by atoms with Gasteiger partial charge in [-0.1, -0.05) is 218 Å². The molecule has 69 heavy (non-hydrogen) atoms. The Morgan fingerprint density at radius 2 is 0.841 bits per heavy atom. The van der Waals surface area contributed by atoms with Crippen molar-refractivity contribution in [2.45, 2.75) is 233 Å². The Labute approximate surface area is 418 Å². The smallest absolute Gasteiger partial charge is 0.264 e. The van der Waals surface area contributed by atoms with E-state index in [9.17, 15) is 18.0 Å². The quantitative estimate of drug-likeness (QED) is 0.0231. The molecule has 5 rings (SSSR count). The zero-order valence-electron chi connectivity index (χ0n) is 43.8. The van der Waals surface area contributed by atoms with Gasteiger partial charge < -0.3 is 14.5 Å². The fourth-order valence-corrected chi connectivity index (χ4v) is 10.7. The second kappa shape index (κ2) is 34.7. The number of aromatic nitrogens is 2. The van der Waals surface area contributed by atoms with Crippen LogP contribution in [0.15, 0.2) is 70.3 Å². The van der Waals surface area contributed by atoms with E-state index in [1.54, 1.807) is 30.3 Å². The van der Waals surface area contributed by atoms with Crippen molar-refractivity contribution in [1.82, 2.24) is 14.5 Å². The van der Waals surface area contributed by atoms with Gasteiger partial charge in [0.15, 0.2) is 10.9 Å². The predicted molar refractivity (Wildman–Crippen MR) is 299 cm³/mol. The number of H-pyrrole nitrogens is 1.